The molecule has 0 aromatic heterocycles. The van der Waals surface area contributed by atoms with Crippen molar-refractivity contribution in [3.05, 3.63) is 0 Å². The van der Waals surface area contributed by atoms with E-state index in [1.807, 2.05) is 13.1 Å². The fourth-order valence-electron chi connectivity index (χ4n) is 0.467. The van der Waals surface area contributed by atoms with E-state index in [1.54, 1.807) is 7.05 Å². The van der Waals surface area contributed by atoms with Crippen LogP contribution in [0.4, 0.5) is 0 Å². The molecule has 0 saturated heterocycles. The lowest BCUT2D eigenvalue weighted by Crippen LogP contribution is -2.14. The fourth-order valence-corrected chi connectivity index (χ4v) is 0.467. The Bertz CT molecular complexity index is 66.9. The first-order valence-corrected chi connectivity index (χ1v) is 2.93. The Morgan fingerprint density at radius 2 is 2.38 bits per heavy atom. The fraction of sp³-hybridized carbons (Fsp3) is 0.833. The number of nitrogens with zero attached hydrogens (tertiary/aromatic N) is 1. The van der Waals surface area contributed by atoms with Crippen LogP contribution in [0.3, 0.4) is 0 Å². The summed E-state index contributed by atoms with van der Waals surface area (Å²) in [6.45, 7) is 2.00. The van der Waals surface area contributed by atoms with E-state index >= 15 is 0 Å². The summed E-state index contributed by atoms with van der Waals surface area (Å²) in [5.41, 5.74) is 5.47. The Labute approximate surface area is 50.8 Å². The third kappa shape index (κ3) is 5.63. The molecule has 0 bridgehead atoms. The van der Waals surface area contributed by atoms with Crippen molar-refractivity contribution in [1.82, 2.24) is 0 Å². The Morgan fingerprint density at radius 3 is 2.75 bits per heavy atom. The van der Waals surface area contributed by atoms with Gasteiger partial charge in [0, 0.05) is 13.1 Å². The second-order valence-electron chi connectivity index (χ2n) is 2.00. The molecule has 0 heterocycles. The van der Waals surface area contributed by atoms with Gasteiger partial charge >= 0.3 is 0 Å². The Kier molecular flexibility index (Phi) is 4.56. The van der Waals surface area contributed by atoms with Crippen LogP contribution in [-0.4, -0.2) is 19.3 Å². The zero-order chi connectivity index (χ0) is 6.41. The van der Waals surface area contributed by atoms with Crippen LogP contribution in [0, 0.1) is 0 Å². The third-order valence-electron chi connectivity index (χ3n) is 0.934. The molecule has 0 spiro atoms. The molecular weight excluding hydrogens is 100 g/mol. The van der Waals surface area contributed by atoms with Gasteiger partial charge in [0.05, 0.1) is 0 Å². The van der Waals surface area contributed by atoms with Gasteiger partial charge in [-0.25, -0.2) is 0 Å². The minimum absolute atomic E-state index is 0.313. The molecule has 0 amide bonds. The van der Waals surface area contributed by atoms with E-state index in [0.29, 0.717) is 6.04 Å². The molecular formula is C6H14N2. The first-order chi connectivity index (χ1) is 3.77. The molecule has 2 heteroatoms. The quantitative estimate of drug-likeness (QED) is 0.542. The molecule has 8 heavy (non-hydrogen) atoms. The molecule has 0 fully saturated rings. The summed E-state index contributed by atoms with van der Waals surface area (Å²) >= 11 is 0. The number of rotatable bonds is 3. The molecule has 48 valence electrons. The van der Waals surface area contributed by atoms with Crippen LogP contribution < -0.4 is 5.73 Å². The van der Waals surface area contributed by atoms with Crippen LogP contribution in [0.15, 0.2) is 4.99 Å². The van der Waals surface area contributed by atoms with E-state index in [-0.39, 0.29) is 0 Å². The maximum Gasteiger partial charge on any atom is 0.0273 e. The highest BCUT2D eigenvalue weighted by Gasteiger charge is 1.88. The number of hydrogen-bond acceptors (Lipinski definition) is 2. The summed E-state index contributed by atoms with van der Waals surface area (Å²) in [7, 11) is 1.78. The van der Waals surface area contributed by atoms with E-state index in [4.69, 9.17) is 5.73 Å². The van der Waals surface area contributed by atoms with E-state index < -0.39 is 0 Å². The highest BCUT2D eigenvalue weighted by molar-refractivity contribution is 5.56. The molecule has 0 aliphatic heterocycles. The van der Waals surface area contributed by atoms with Crippen molar-refractivity contribution >= 4 is 6.21 Å². The van der Waals surface area contributed by atoms with Gasteiger partial charge in [-0.1, -0.05) is 0 Å². The molecule has 0 aliphatic carbocycles. The van der Waals surface area contributed by atoms with E-state index in [0.717, 1.165) is 12.8 Å². The smallest absolute Gasteiger partial charge is 0.0273 e. The van der Waals surface area contributed by atoms with Crippen LogP contribution in [0.1, 0.15) is 19.8 Å². The molecule has 0 saturated carbocycles. The maximum atomic E-state index is 5.47. The molecule has 0 radical (unpaired) electrons. The predicted octanol–water partition coefficient (Wildman–Crippen LogP) is 0.814. The summed E-state index contributed by atoms with van der Waals surface area (Å²) in [6, 6.07) is 0.313. The largest absolute Gasteiger partial charge is 0.328 e. The molecule has 2 nitrogen and oxygen atoms in total. The van der Waals surface area contributed by atoms with Crippen molar-refractivity contribution in [2.24, 2.45) is 10.7 Å². The molecule has 0 rings (SSSR count). The zero-order valence-corrected chi connectivity index (χ0v) is 5.59. The van der Waals surface area contributed by atoms with Gasteiger partial charge in [0.15, 0.2) is 0 Å². The number of aliphatic imine (C=N–C) groups is 1. The van der Waals surface area contributed by atoms with E-state index in [2.05, 4.69) is 4.99 Å². The van der Waals surface area contributed by atoms with Crippen molar-refractivity contribution in [3.63, 3.8) is 0 Å². The van der Waals surface area contributed by atoms with Gasteiger partial charge in [-0.05, 0) is 26.0 Å². The zero-order valence-electron chi connectivity index (χ0n) is 5.59. The third-order valence-corrected chi connectivity index (χ3v) is 0.934. The van der Waals surface area contributed by atoms with Crippen LogP contribution in [0.25, 0.3) is 0 Å². The lowest BCUT2D eigenvalue weighted by Gasteiger charge is -1.97. The average Bonchev–Trinajstić information content (AvgIpc) is 1.66. The molecule has 1 unspecified atom stereocenters. The summed E-state index contributed by atoms with van der Waals surface area (Å²) < 4.78 is 0. The van der Waals surface area contributed by atoms with Crippen molar-refractivity contribution in [3.8, 4) is 0 Å². The molecule has 0 aromatic rings. The van der Waals surface area contributed by atoms with Crippen LogP contribution >= 0.6 is 0 Å². The average molecular weight is 114 g/mol. The van der Waals surface area contributed by atoms with Gasteiger partial charge in [0.2, 0.25) is 0 Å². The second-order valence-corrected chi connectivity index (χ2v) is 2.00. The van der Waals surface area contributed by atoms with Gasteiger partial charge in [-0.15, -0.1) is 0 Å². The van der Waals surface area contributed by atoms with Gasteiger partial charge in [-0.2, -0.15) is 0 Å². The van der Waals surface area contributed by atoms with E-state index in [9.17, 15) is 0 Å². The standard InChI is InChI=1S/C6H14N2/c1-6(7)4-3-5-8-2/h5-6H,3-4,7H2,1-2H3. The summed E-state index contributed by atoms with van der Waals surface area (Å²) in [5.74, 6) is 0. The number of hydrogen-bond donors (Lipinski definition) is 1. The highest BCUT2D eigenvalue weighted by Crippen LogP contribution is 1.88. The van der Waals surface area contributed by atoms with E-state index in [1.165, 1.54) is 0 Å². The first kappa shape index (κ1) is 7.63. The Hall–Kier alpha value is -0.370. The minimum Gasteiger partial charge on any atom is -0.328 e. The molecule has 1 atom stereocenters. The highest BCUT2D eigenvalue weighted by atomic mass is 14.6. The van der Waals surface area contributed by atoms with Gasteiger partial charge in [-0.3, -0.25) is 0 Å². The lowest BCUT2D eigenvalue weighted by atomic mass is 10.2. The van der Waals surface area contributed by atoms with Crippen LogP contribution in [-0.2, 0) is 0 Å². The van der Waals surface area contributed by atoms with Crippen molar-refractivity contribution < 1.29 is 0 Å². The first-order valence-electron chi connectivity index (χ1n) is 2.93. The summed E-state index contributed by atoms with van der Waals surface area (Å²) in [6.07, 6.45) is 3.94. The van der Waals surface area contributed by atoms with Gasteiger partial charge < -0.3 is 10.7 Å². The topological polar surface area (TPSA) is 38.4 Å². The van der Waals surface area contributed by atoms with Gasteiger partial charge in [0.25, 0.3) is 0 Å². The van der Waals surface area contributed by atoms with Crippen molar-refractivity contribution in [2.75, 3.05) is 7.05 Å². The maximum absolute atomic E-state index is 5.47. The summed E-state index contributed by atoms with van der Waals surface area (Å²) in [4.78, 5) is 3.83. The minimum atomic E-state index is 0.313. The second kappa shape index (κ2) is 4.78. The van der Waals surface area contributed by atoms with Crippen LogP contribution in [0.2, 0.25) is 0 Å². The SMILES string of the molecule is CN=CCCC(C)N. The normalized spacial score (nSPS) is 14.9. The lowest BCUT2D eigenvalue weighted by molar-refractivity contribution is 0.691. The molecule has 0 aliphatic rings. The Morgan fingerprint density at radius 1 is 1.75 bits per heavy atom. The summed E-state index contributed by atoms with van der Waals surface area (Å²) in [5, 5.41) is 0. The van der Waals surface area contributed by atoms with Crippen molar-refractivity contribution in [1.29, 1.82) is 0 Å². The Balaban J connectivity index is 2.93. The molecule has 2 N–H and O–H groups in total. The number of nitrogens with two attached hydrogens (primary N) is 1. The van der Waals surface area contributed by atoms with Gasteiger partial charge in [0.1, 0.15) is 0 Å². The monoisotopic (exact) mass is 114 g/mol. The van der Waals surface area contributed by atoms with Crippen molar-refractivity contribution in [2.45, 2.75) is 25.8 Å². The predicted molar refractivity (Wildman–Crippen MR) is 37.3 cm³/mol. The van der Waals surface area contributed by atoms with Crippen LogP contribution in [0.5, 0.6) is 0 Å². The molecule has 0 aromatic carbocycles.